The molecular weight excluding hydrogens is 247 g/mol. The second-order valence-corrected chi connectivity index (χ2v) is 4.26. The zero-order chi connectivity index (χ0) is 13.6. The Kier molecular flexibility index (Phi) is 2.45. The highest BCUT2D eigenvalue weighted by Gasteiger charge is 2.30. The highest BCUT2D eigenvalue weighted by molar-refractivity contribution is 6.28. The van der Waals surface area contributed by atoms with Gasteiger partial charge in [-0.05, 0) is 36.4 Å². The summed E-state index contributed by atoms with van der Waals surface area (Å²) in [7, 11) is 1.48. The van der Waals surface area contributed by atoms with Crippen LogP contribution < -0.4 is 4.74 Å². The van der Waals surface area contributed by atoms with Crippen LogP contribution in [0.5, 0.6) is 5.75 Å². The van der Waals surface area contributed by atoms with Gasteiger partial charge in [-0.15, -0.1) is 0 Å². The summed E-state index contributed by atoms with van der Waals surface area (Å²) in [5.74, 6) is -0.679. The minimum Gasteiger partial charge on any atom is -0.497 e. The van der Waals surface area contributed by atoms with Crippen molar-refractivity contribution >= 4 is 11.6 Å². The molecule has 0 radical (unpaired) electrons. The van der Waals surface area contributed by atoms with Gasteiger partial charge in [-0.25, -0.2) is 4.39 Å². The van der Waals surface area contributed by atoms with Gasteiger partial charge >= 0.3 is 0 Å². The van der Waals surface area contributed by atoms with Crippen LogP contribution in [0.4, 0.5) is 4.39 Å². The fourth-order valence-corrected chi connectivity index (χ4v) is 2.23. The van der Waals surface area contributed by atoms with Crippen molar-refractivity contribution in [1.82, 2.24) is 0 Å². The van der Waals surface area contributed by atoms with E-state index in [1.807, 2.05) is 0 Å². The molecule has 3 nitrogen and oxygen atoms in total. The van der Waals surface area contributed by atoms with Crippen LogP contribution >= 0.6 is 0 Å². The summed E-state index contributed by atoms with van der Waals surface area (Å²) in [6.45, 7) is 0. The van der Waals surface area contributed by atoms with Gasteiger partial charge in [0.1, 0.15) is 11.6 Å². The average molecular weight is 256 g/mol. The number of ketones is 2. The maximum Gasteiger partial charge on any atom is 0.194 e. The quantitative estimate of drug-likeness (QED) is 0.672. The van der Waals surface area contributed by atoms with Crippen molar-refractivity contribution in [3.8, 4) is 5.75 Å². The van der Waals surface area contributed by atoms with E-state index in [-0.39, 0.29) is 28.3 Å². The molecule has 2 aromatic rings. The zero-order valence-corrected chi connectivity index (χ0v) is 10.1. The lowest BCUT2D eigenvalue weighted by molar-refractivity contribution is 0.0978. The van der Waals surface area contributed by atoms with Gasteiger partial charge in [-0.3, -0.25) is 9.59 Å². The maximum atomic E-state index is 13.2. The molecule has 1 aliphatic rings. The highest BCUT2D eigenvalue weighted by Crippen LogP contribution is 2.30. The molecule has 0 spiro atoms. The summed E-state index contributed by atoms with van der Waals surface area (Å²) in [6, 6.07) is 8.30. The van der Waals surface area contributed by atoms with Gasteiger partial charge in [-0.2, -0.15) is 0 Å². The second kappa shape index (κ2) is 4.02. The SMILES string of the molecule is COc1ccc2c(c1)C(=O)c1cc(F)ccc1C2=O. The van der Waals surface area contributed by atoms with Crippen molar-refractivity contribution in [3.05, 3.63) is 64.5 Å². The highest BCUT2D eigenvalue weighted by atomic mass is 19.1. The third-order valence-electron chi connectivity index (χ3n) is 3.19. The summed E-state index contributed by atoms with van der Waals surface area (Å²) >= 11 is 0. The molecule has 4 heteroatoms. The van der Waals surface area contributed by atoms with Crippen LogP contribution in [0, 0.1) is 5.82 Å². The molecule has 0 bridgehead atoms. The normalized spacial score (nSPS) is 12.9. The smallest absolute Gasteiger partial charge is 0.194 e. The standard InChI is InChI=1S/C15H9FO3/c1-19-9-3-5-11-13(7-9)15(18)12-6-8(16)2-4-10(12)14(11)17/h2-7H,1H3. The fraction of sp³-hybridized carbons (Fsp3) is 0.0667. The Labute approximate surface area is 108 Å². The van der Waals surface area contributed by atoms with E-state index in [2.05, 4.69) is 0 Å². The Bertz CT molecular complexity index is 719. The Hall–Kier alpha value is -2.49. The Morgan fingerprint density at radius 2 is 1.42 bits per heavy atom. The molecule has 0 amide bonds. The minimum absolute atomic E-state index is 0.103. The summed E-state index contributed by atoms with van der Waals surface area (Å²) in [4.78, 5) is 24.5. The second-order valence-electron chi connectivity index (χ2n) is 4.26. The number of rotatable bonds is 1. The number of carbonyl (C=O) groups is 2. The molecule has 0 N–H and O–H groups in total. The molecule has 0 fully saturated rings. The number of hydrogen-bond acceptors (Lipinski definition) is 3. The van der Waals surface area contributed by atoms with E-state index in [1.165, 1.54) is 25.3 Å². The third-order valence-corrected chi connectivity index (χ3v) is 3.19. The predicted molar refractivity (Wildman–Crippen MR) is 66.3 cm³/mol. The molecule has 94 valence electrons. The van der Waals surface area contributed by atoms with E-state index in [0.29, 0.717) is 11.3 Å². The predicted octanol–water partition coefficient (Wildman–Crippen LogP) is 2.61. The van der Waals surface area contributed by atoms with Crippen molar-refractivity contribution in [2.24, 2.45) is 0 Å². The van der Waals surface area contributed by atoms with Crippen molar-refractivity contribution in [2.75, 3.05) is 7.11 Å². The molecule has 0 unspecified atom stereocenters. The number of ether oxygens (including phenoxy) is 1. The molecule has 2 aromatic carbocycles. The molecule has 0 atom stereocenters. The average Bonchev–Trinajstić information content (AvgIpc) is 2.44. The van der Waals surface area contributed by atoms with Gasteiger partial charge in [0.25, 0.3) is 0 Å². The third kappa shape index (κ3) is 1.64. The molecule has 0 aromatic heterocycles. The summed E-state index contributed by atoms with van der Waals surface area (Å²) in [5, 5.41) is 0. The molecular formula is C15H9FO3. The van der Waals surface area contributed by atoms with Gasteiger partial charge < -0.3 is 4.74 Å². The van der Waals surface area contributed by atoms with Crippen molar-refractivity contribution in [2.45, 2.75) is 0 Å². The molecule has 0 aliphatic heterocycles. The molecule has 1 aliphatic carbocycles. The van der Waals surface area contributed by atoms with Gasteiger partial charge in [0.05, 0.1) is 7.11 Å². The number of carbonyl (C=O) groups excluding carboxylic acids is 2. The Morgan fingerprint density at radius 1 is 0.842 bits per heavy atom. The molecule has 0 saturated heterocycles. The maximum absolute atomic E-state index is 13.2. The monoisotopic (exact) mass is 256 g/mol. The summed E-state index contributed by atoms with van der Waals surface area (Å²) in [5.41, 5.74) is 0.919. The molecule has 19 heavy (non-hydrogen) atoms. The van der Waals surface area contributed by atoms with Gasteiger partial charge in [-0.1, -0.05) is 0 Å². The van der Waals surface area contributed by atoms with Gasteiger partial charge in [0.2, 0.25) is 0 Å². The summed E-state index contributed by atoms with van der Waals surface area (Å²) in [6.07, 6.45) is 0. The first-order valence-corrected chi connectivity index (χ1v) is 5.69. The van der Waals surface area contributed by atoms with E-state index in [1.54, 1.807) is 12.1 Å². The van der Waals surface area contributed by atoms with Gasteiger partial charge in [0.15, 0.2) is 11.6 Å². The van der Waals surface area contributed by atoms with E-state index in [4.69, 9.17) is 4.74 Å². The van der Waals surface area contributed by atoms with Crippen LogP contribution in [-0.4, -0.2) is 18.7 Å². The van der Waals surface area contributed by atoms with Crippen LogP contribution in [0.15, 0.2) is 36.4 Å². The summed E-state index contributed by atoms with van der Waals surface area (Å²) < 4.78 is 18.3. The molecule has 3 rings (SSSR count). The van der Waals surface area contributed by atoms with Crippen LogP contribution in [0.2, 0.25) is 0 Å². The van der Waals surface area contributed by atoms with Crippen LogP contribution in [0.25, 0.3) is 0 Å². The van der Waals surface area contributed by atoms with Gasteiger partial charge in [0, 0.05) is 22.3 Å². The van der Waals surface area contributed by atoms with Crippen LogP contribution in [0.1, 0.15) is 31.8 Å². The number of benzene rings is 2. The van der Waals surface area contributed by atoms with Crippen LogP contribution in [0.3, 0.4) is 0 Å². The van der Waals surface area contributed by atoms with Crippen LogP contribution in [-0.2, 0) is 0 Å². The minimum atomic E-state index is -0.536. The number of hydrogen-bond donors (Lipinski definition) is 0. The Morgan fingerprint density at radius 3 is 2.11 bits per heavy atom. The lowest BCUT2D eigenvalue weighted by Gasteiger charge is -2.17. The van der Waals surface area contributed by atoms with E-state index in [9.17, 15) is 14.0 Å². The number of halogens is 1. The molecule has 0 heterocycles. The number of fused-ring (bicyclic) bond motifs is 2. The first-order chi connectivity index (χ1) is 9.11. The first-order valence-electron chi connectivity index (χ1n) is 5.69. The largest absolute Gasteiger partial charge is 0.497 e. The fourth-order valence-electron chi connectivity index (χ4n) is 2.23. The van der Waals surface area contributed by atoms with E-state index in [0.717, 1.165) is 6.07 Å². The van der Waals surface area contributed by atoms with Crippen molar-refractivity contribution in [3.63, 3.8) is 0 Å². The van der Waals surface area contributed by atoms with Crippen molar-refractivity contribution in [1.29, 1.82) is 0 Å². The zero-order valence-electron chi connectivity index (χ0n) is 10.1. The topological polar surface area (TPSA) is 43.4 Å². The van der Waals surface area contributed by atoms with E-state index >= 15 is 0 Å². The first kappa shape index (κ1) is 11.6. The number of methoxy groups -OCH3 is 1. The lowest BCUT2D eigenvalue weighted by atomic mass is 9.84. The Balaban J connectivity index is 2.26. The molecule has 0 saturated carbocycles. The van der Waals surface area contributed by atoms with E-state index < -0.39 is 5.82 Å². The van der Waals surface area contributed by atoms with Crippen molar-refractivity contribution < 1.29 is 18.7 Å². The lowest BCUT2D eigenvalue weighted by Crippen LogP contribution is -2.21.